The van der Waals surface area contributed by atoms with Gasteiger partial charge in [-0.3, -0.25) is 40.3 Å². The second-order valence-electron chi connectivity index (χ2n) is 15.0. The molecule has 20 heteroatoms. The minimum Gasteiger partial charge on any atom is -0.462 e. The lowest BCUT2D eigenvalue weighted by atomic mass is 10.2. The molecule has 0 aliphatic heterocycles. The van der Waals surface area contributed by atoms with Crippen LogP contribution in [-0.2, 0) is 47.5 Å². The third-order valence-corrected chi connectivity index (χ3v) is 5.04. The van der Waals surface area contributed by atoms with E-state index in [2.05, 4.69) is 25.9 Å². The molecule has 3 N–H and O–H groups in total. The summed E-state index contributed by atoms with van der Waals surface area (Å²) in [6.45, 7) is 18.0. The van der Waals surface area contributed by atoms with Gasteiger partial charge in [-0.25, -0.2) is 19.2 Å². The van der Waals surface area contributed by atoms with Crippen LogP contribution in [0.3, 0.4) is 0 Å². The SMILES string of the molecule is CC(C)(C)OC(=O)CC(=NCCC(=O)OC(COC(=O)Cl)COC(=O)CCN=C(NC(=O)OC(C)(C)C)NC(=O)OC(C)(C)C)NC(=O)OC(C)(C)C. The van der Waals surface area contributed by atoms with Gasteiger partial charge in [0.2, 0.25) is 5.96 Å². The topological polar surface area (TPSA) is 245 Å². The van der Waals surface area contributed by atoms with Crippen LogP contribution in [0.25, 0.3) is 0 Å². The highest BCUT2D eigenvalue weighted by Crippen LogP contribution is 2.11. The summed E-state index contributed by atoms with van der Waals surface area (Å²) in [6.07, 6.45) is -5.22. The van der Waals surface area contributed by atoms with E-state index in [9.17, 15) is 33.6 Å². The molecule has 0 aromatic rings. The quantitative estimate of drug-likeness (QED) is 0.0757. The molecule has 0 aliphatic rings. The molecule has 0 rings (SSSR count). The molecular weight excluding hydrogens is 726 g/mol. The third kappa shape index (κ3) is 29.6. The first kappa shape index (κ1) is 48.3. The van der Waals surface area contributed by atoms with Crippen molar-refractivity contribution in [3.8, 4) is 0 Å². The molecule has 0 aromatic carbocycles. The number of amidine groups is 1. The zero-order valence-corrected chi connectivity index (χ0v) is 33.3. The largest absolute Gasteiger partial charge is 0.462 e. The number of amides is 3. The molecule has 0 radical (unpaired) electrons. The van der Waals surface area contributed by atoms with Crippen LogP contribution < -0.4 is 16.0 Å². The van der Waals surface area contributed by atoms with Crippen molar-refractivity contribution in [2.24, 2.45) is 9.98 Å². The molecule has 0 heterocycles. The number of halogens is 1. The maximum Gasteiger partial charge on any atom is 0.414 e. The first-order chi connectivity index (χ1) is 24.0. The molecule has 0 spiro atoms. The number of hydrogen-bond donors (Lipinski definition) is 3. The zero-order valence-electron chi connectivity index (χ0n) is 32.5. The summed E-state index contributed by atoms with van der Waals surface area (Å²) in [5, 5.41) is 6.91. The number of alkyl carbamates (subject to hydrolysis) is 3. The third-order valence-electron chi connectivity index (χ3n) is 4.93. The molecule has 0 fully saturated rings. The van der Waals surface area contributed by atoms with E-state index in [4.69, 9.17) is 44.8 Å². The number of carbonyl (C=O) groups excluding carboxylic acids is 7. The van der Waals surface area contributed by atoms with Gasteiger partial charge in [0.25, 0.3) is 0 Å². The standard InChI is InChI=1S/C33H54ClN5O14/c1-30(2,3)50-24(42)17-21(37-27(44)51-31(4,5)6)35-15-14-23(41)49-20(19-48-25(34)43)18-47-22(40)13-16-36-26(38-28(45)52-32(7,8)9)39-29(46)53-33(10,11)12/h20H,13-19H2,1-12H3,(H,35,37,44)(H2,36,38,39,45,46). The fourth-order valence-corrected chi connectivity index (χ4v) is 3.37. The lowest BCUT2D eigenvalue weighted by Crippen LogP contribution is -2.47. The Balaban J connectivity index is 5.50. The maximum absolute atomic E-state index is 12.6. The fraction of sp³-hybridized carbons (Fsp3) is 0.727. The lowest BCUT2D eigenvalue weighted by Gasteiger charge is -2.22. The van der Waals surface area contributed by atoms with Gasteiger partial charge in [0.15, 0.2) is 6.10 Å². The Hall–Kier alpha value is -4.68. The van der Waals surface area contributed by atoms with Crippen molar-refractivity contribution < 1.29 is 66.7 Å². The smallest absolute Gasteiger partial charge is 0.414 e. The minimum atomic E-state index is -1.29. The molecule has 0 bridgehead atoms. The Bertz CT molecular complexity index is 1290. The van der Waals surface area contributed by atoms with E-state index in [-0.39, 0.29) is 37.7 Å². The van der Waals surface area contributed by atoms with Gasteiger partial charge in [-0.15, -0.1) is 0 Å². The summed E-state index contributed by atoms with van der Waals surface area (Å²) in [7, 11) is 0. The molecule has 1 unspecified atom stereocenters. The van der Waals surface area contributed by atoms with Crippen LogP contribution in [0.1, 0.15) is 102 Å². The van der Waals surface area contributed by atoms with Gasteiger partial charge in [0.05, 0.1) is 25.9 Å². The number of nitrogens with zero attached hydrogens (tertiary/aromatic N) is 2. The summed E-state index contributed by atoms with van der Waals surface area (Å²) >= 11 is 5.24. The van der Waals surface area contributed by atoms with E-state index in [0.29, 0.717) is 0 Å². The van der Waals surface area contributed by atoms with Crippen LogP contribution in [0.5, 0.6) is 0 Å². The molecular formula is C33H54ClN5O14. The predicted molar refractivity (Wildman–Crippen MR) is 190 cm³/mol. The average Bonchev–Trinajstić information content (AvgIpc) is 2.89. The Morgan fingerprint density at radius 3 is 1.42 bits per heavy atom. The van der Waals surface area contributed by atoms with E-state index in [0.717, 1.165) is 0 Å². The molecule has 302 valence electrons. The summed E-state index contributed by atoms with van der Waals surface area (Å²) in [4.78, 5) is 93.6. The Labute approximate surface area is 314 Å². The summed E-state index contributed by atoms with van der Waals surface area (Å²) in [6, 6.07) is 0. The van der Waals surface area contributed by atoms with Crippen LogP contribution in [0.4, 0.5) is 19.2 Å². The van der Waals surface area contributed by atoms with Crippen LogP contribution >= 0.6 is 11.6 Å². The number of esters is 3. The van der Waals surface area contributed by atoms with Gasteiger partial charge in [0, 0.05) is 11.6 Å². The summed E-state index contributed by atoms with van der Waals surface area (Å²) in [5.74, 6) is -2.90. The highest BCUT2D eigenvalue weighted by Gasteiger charge is 2.24. The molecule has 1 atom stereocenters. The molecule has 19 nitrogen and oxygen atoms in total. The monoisotopic (exact) mass is 779 g/mol. The van der Waals surface area contributed by atoms with Gasteiger partial charge < -0.3 is 33.2 Å². The summed E-state index contributed by atoms with van der Waals surface area (Å²) in [5.41, 5.74) is -4.58. The normalized spacial score (nSPS) is 12.6. The van der Waals surface area contributed by atoms with Gasteiger partial charge in [0.1, 0.15) is 47.9 Å². The van der Waals surface area contributed by atoms with Crippen molar-refractivity contribution in [2.45, 2.75) is 131 Å². The van der Waals surface area contributed by atoms with Crippen molar-refractivity contribution in [1.29, 1.82) is 0 Å². The van der Waals surface area contributed by atoms with E-state index in [1.807, 2.05) is 0 Å². The second kappa shape index (κ2) is 21.8. The van der Waals surface area contributed by atoms with Crippen molar-refractivity contribution in [2.75, 3.05) is 26.3 Å². The summed E-state index contributed by atoms with van der Waals surface area (Å²) < 4.78 is 35.9. The first-order valence-electron chi connectivity index (χ1n) is 16.5. The van der Waals surface area contributed by atoms with Crippen molar-refractivity contribution >= 4 is 65.0 Å². The first-order valence-corrected chi connectivity index (χ1v) is 16.9. The zero-order chi connectivity index (χ0) is 41.2. The fourth-order valence-electron chi connectivity index (χ4n) is 3.30. The van der Waals surface area contributed by atoms with Crippen molar-refractivity contribution in [1.82, 2.24) is 16.0 Å². The van der Waals surface area contributed by atoms with Gasteiger partial charge >= 0.3 is 41.6 Å². The van der Waals surface area contributed by atoms with Gasteiger partial charge in [-0.2, -0.15) is 0 Å². The Morgan fingerprint density at radius 2 is 0.962 bits per heavy atom. The molecule has 0 aliphatic carbocycles. The number of rotatable bonds is 13. The highest BCUT2D eigenvalue weighted by atomic mass is 35.5. The lowest BCUT2D eigenvalue weighted by molar-refractivity contribution is -0.161. The van der Waals surface area contributed by atoms with Crippen molar-refractivity contribution in [3.63, 3.8) is 0 Å². The highest BCUT2D eigenvalue weighted by molar-refractivity contribution is 6.61. The van der Waals surface area contributed by atoms with Crippen molar-refractivity contribution in [3.05, 3.63) is 0 Å². The average molecular weight is 780 g/mol. The molecule has 0 aromatic heterocycles. The van der Waals surface area contributed by atoms with Crippen LogP contribution in [0.2, 0.25) is 0 Å². The second-order valence-corrected chi connectivity index (χ2v) is 15.4. The minimum absolute atomic E-state index is 0.128. The predicted octanol–water partition coefficient (Wildman–Crippen LogP) is 4.66. The van der Waals surface area contributed by atoms with Crippen LogP contribution in [0.15, 0.2) is 9.98 Å². The molecule has 0 saturated carbocycles. The number of nitrogens with one attached hydrogen (secondary N) is 3. The van der Waals surface area contributed by atoms with E-state index in [1.54, 1.807) is 83.1 Å². The van der Waals surface area contributed by atoms with Gasteiger partial charge in [-0.05, 0) is 83.1 Å². The molecule has 53 heavy (non-hydrogen) atoms. The van der Waals surface area contributed by atoms with E-state index >= 15 is 0 Å². The Kier molecular flexibility index (Phi) is 19.8. The van der Waals surface area contributed by atoms with Crippen LogP contribution in [-0.4, -0.2) is 108 Å². The number of aliphatic imine (C=N–C) groups is 2. The number of ether oxygens (including phenoxy) is 7. The Morgan fingerprint density at radius 1 is 0.547 bits per heavy atom. The maximum atomic E-state index is 12.6. The number of hydrogen-bond acceptors (Lipinski definition) is 16. The van der Waals surface area contributed by atoms with E-state index in [1.165, 1.54) is 0 Å². The van der Waals surface area contributed by atoms with Gasteiger partial charge in [-0.1, -0.05) is 0 Å². The molecule has 0 saturated heterocycles. The van der Waals surface area contributed by atoms with Crippen LogP contribution in [0, 0.1) is 0 Å². The number of carbonyl (C=O) groups is 7. The van der Waals surface area contributed by atoms with E-state index < -0.39 is 89.8 Å². The number of guanidine groups is 1. The molecule has 3 amide bonds.